The molecule has 0 amide bonds. The molecule has 0 radical (unpaired) electrons. The van der Waals surface area contributed by atoms with E-state index in [9.17, 15) is 9.90 Å². The molecule has 3 rings (SSSR count). The summed E-state index contributed by atoms with van der Waals surface area (Å²) >= 11 is 0. The zero-order valence-electron chi connectivity index (χ0n) is 11.4. The average molecular weight is 279 g/mol. The predicted molar refractivity (Wildman–Crippen MR) is 80.0 cm³/mol. The maximum absolute atomic E-state index is 11.2. The Balaban J connectivity index is 2.12. The lowest BCUT2D eigenvalue weighted by atomic mass is 10.1. The number of fused-ring (bicyclic) bond motifs is 1. The Hall–Kier alpha value is -2.88. The summed E-state index contributed by atoms with van der Waals surface area (Å²) in [5.41, 5.74) is 1.25. The highest BCUT2D eigenvalue weighted by molar-refractivity contribution is 6.04. The highest BCUT2D eigenvalue weighted by Crippen LogP contribution is 2.30. The highest BCUT2D eigenvalue weighted by atomic mass is 16.5. The molecular weight excluding hydrogens is 266 g/mol. The largest absolute Gasteiger partial charge is 0.478 e. The van der Waals surface area contributed by atoms with E-state index < -0.39 is 5.97 Å². The van der Waals surface area contributed by atoms with Gasteiger partial charge in [0.25, 0.3) is 0 Å². The van der Waals surface area contributed by atoms with Gasteiger partial charge in [0.1, 0.15) is 5.75 Å². The second-order valence-corrected chi connectivity index (χ2v) is 4.75. The van der Waals surface area contributed by atoms with Gasteiger partial charge in [-0.25, -0.2) is 9.78 Å². The van der Waals surface area contributed by atoms with E-state index in [1.54, 1.807) is 18.2 Å². The number of carbonyl (C=O) groups is 1. The van der Waals surface area contributed by atoms with Crippen molar-refractivity contribution in [3.63, 3.8) is 0 Å². The van der Waals surface area contributed by atoms with Crippen molar-refractivity contribution in [2.45, 2.75) is 6.92 Å². The number of rotatable bonds is 3. The van der Waals surface area contributed by atoms with Crippen molar-refractivity contribution < 1.29 is 14.6 Å². The average Bonchev–Trinajstić information content (AvgIpc) is 2.47. The maximum atomic E-state index is 11.2. The summed E-state index contributed by atoms with van der Waals surface area (Å²) in [5.74, 6) is 0.0812. The van der Waals surface area contributed by atoms with Crippen molar-refractivity contribution in [2.75, 3.05) is 0 Å². The van der Waals surface area contributed by atoms with E-state index in [4.69, 9.17) is 4.74 Å². The molecule has 0 aliphatic rings. The van der Waals surface area contributed by atoms with Crippen molar-refractivity contribution in [2.24, 2.45) is 0 Å². The second-order valence-electron chi connectivity index (χ2n) is 4.75. The van der Waals surface area contributed by atoms with Gasteiger partial charge in [-0.3, -0.25) is 0 Å². The minimum Gasteiger partial charge on any atom is -0.478 e. The Morgan fingerprint density at radius 2 is 1.86 bits per heavy atom. The molecule has 21 heavy (non-hydrogen) atoms. The maximum Gasteiger partial charge on any atom is 0.337 e. The van der Waals surface area contributed by atoms with Crippen LogP contribution in [-0.4, -0.2) is 16.1 Å². The van der Waals surface area contributed by atoms with Crippen molar-refractivity contribution >= 4 is 16.7 Å². The molecule has 0 aliphatic heterocycles. The first-order chi connectivity index (χ1) is 10.1. The van der Waals surface area contributed by atoms with Crippen molar-refractivity contribution in [1.29, 1.82) is 0 Å². The summed E-state index contributed by atoms with van der Waals surface area (Å²) in [4.78, 5) is 15.4. The lowest BCUT2D eigenvalue weighted by Gasteiger charge is -2.09. The first-order valence-electron chi connectivity index (χ1n) is 6.51. The first-order valence-corrected chi connectivity index (χ1v) is 6.51. The van der Waals surface area contributed by atoms with Crippen LogP contribution >= 0.6 is 0 Å². The van der Waals surface area contributed by atoms with Crippen LogP contribution in [0.1, 0.15) is 15.9 Å². The summed E-state index contributed by atoms with van der Waals surface area (Å²) in [6.07, 6.45) is 1.33. The number of carboxylic acids is 1. The molecule has 0 saturated heterocycles. The van der Waals surface area contributed by atoms with Crippen LogP contribution in [-0.2, 0) is 0 Å². The Morgan fingerprint density at radius 3 is 2.57 bits per heavy atom. The Kier molecular flexibility index (Phi) is 3.28. The second kappa shape index (κ2) is 5.25. The monoisotopic (exact) mass is 279 g/mol. The Bertz CT molecular complexity index is 827. The number of pyridine rings is 1. The molecule has 0 atom stereocenters. The minimum atomic E-state index is -0.999. The SMILES string of the molecule is Cc1cccc(Oc2ncc(C(=O)O)c3ccccc23)c1. The molecule has 0 spiro atoms. The van der Waals surface area contributed by atoms with E-state index in [-0.39, 0.29) is 5.56 Å². The molecule has 0 bridgehead atoms. The Morgan fingerprint density at radius 1 is 1.10 bits per heavy atom. The number of nitrogens with zero attached hydrogens (tertiary/aromatic N) is 1. The molecule has 1 aromatic heterocycles. The standard InChI is InChI=1S/C17H13NO3/c1-11-5-4-6-12(9-11)21-16-14-8-3-2-7-13(14)15(10-18-16)17(19)20/h2-10H,1H3,(H,19,20). The molecule has 4 nitrogen and oxygen atoms in total. The molecule has 2 aromatic carbocycles. The normalized spacial score (nSPS) is 10.5. The summed E-state index contributed by atoms with van der Waals surface area (Å²) in [6.45, 7) is 1.98. The fourth-order valence-electron chi connectivity index (χ4n) is 2.21. The number of hydrogen-bond donors (Lipinski definition) is 1. The number of ether oxygens (including phenoxy) is 1. The number of hydrogen-bond acceptors (Lipinski definition) is 3. The van der Waals surface area contributed by atoms with Crippen molar-refractivity contribution in [3.05, 3.63) is 65.9 Å². The van der Waals surface area contributed by atoms with E-state index >= 15 is 0 Å². The predicted octanol–water partition coefficient (Wildman–Crippen LogP) is 4.03. The van der Waals surface area contributed by atoms with Gasteiger partial charge >= 0.3 is 5.97 Å². The van der Waals surface area contributed by atoms with Gasteiger partial charge in [0, 0.05) is 17.0 Å². The molecule has 1 N–H and O–H groups in total. The fourth-order valence-corrected chi connectivity index (χ4v) is 2.21. The summed E-state index contributed by atoms with van der Waals surface area (Å²) in [6, 6.07) is 14.8. The third kappa shape index (κ3) is 2.56. The smallest absolute Gasteiger partial charge is 0.337 e. The van der Waals surface area contributed by atoms with Gasteiger partial charge < -0.3 is 9.84 Å². The van der Waals surface area contributed by atoms with E-state index in [2.05, 4.69) is 4.98 Å². The number of aromatic carboxylic acids is 1. The van der Waals surface area contributed by atoms with Crippen molar-refractivity contribution in [1.82, 2.24) is 4.98 Å². The van der Waals surface area contributed by atoms with Gasteiger partial charge in [-0.1, -0.05) is 30.3 Å². The number of benzene rings is 2. The number of carboxylic acid groups (broad SMARTS) is 1. The van der Waals surface area contributed by atoms with Crippen LogP contribution in [0.4, 0.5) is 0 Å². The van der Waals surface area contributed by atoms with E-state index in [1.165, 1.54) is 6.20 Å². The fraction of sp³-hybridized carbons (Fsp3) is 0.0588. The highest BCUT2D eigenvalue weighted by Gasteiger charge is 2.13. The third-order valence-corrected chi connectivity index (χ3v) is 3.19. The number of aromatic nitrogens is 1. The lowest BCUT2D eigenvalue weighted by Crippen LogP contribution is -2.00. The first kappa shape index (κ1) is 13.1. The zero-order valence-corrected chi connectivity index (χ0v) is 11.4. The van der Waals surface area contributed by atoms with Crippen LogP contribution in [0.25, 0.3) is 10.8 Å². The van der Waals surface area contributed by atoms with Gasteiger partial charge in [-0.2, -0.15) is 0 Å². The molecule has 104 valence electrons. The van der Waals surface area contributed by atoms with Gasteiger partial charge in [0.05, 0.1) is 5.56 Å². The molecule has 1 heterocycles. The molecule has 0 fully saturated rings. The van der Waals surface area contributed by atoms with Crippen LogP contribution in [0.15, 0.2) is 54.7 Å². The van der Waals surface area contributed by atoms with Gasteiger partial charge in [-0.05, 0) is 30.7 Å². The zero-order chi connectivity index (χ0) is 14.8. The van der Waals surface area contributed by atoms with Crippen LogP contribution in [0.3, 0.4) is 0 Å². The summed E-state index contributed by atoms with van der Waals surface area (Å²) in [5, 5.41) is 10.5. The molecule has 4 heteroatoms. The van der Waals surface area contributed by atoms with Crippen molar-refractivity contribution in [3.8, 4) is 11.6 Å². The van der Waals surface area contributed by atoms with Gasteiger partial charge in [-0.15, -0.1) is 0 Å². The molecule has 0 aliphatic carbocycles. The Labute approximate surface area is 121 Å². The van der Waals surface area contributed by atoms with Crippen LogP contribution < -0.4 is 4.74 Å². The molecule has 0 unspecified atom stereocenters. The quantitative estimate of drug-likeness (QED) is 0.786. The summed E-state index contributed by atoms with van der Waals surface area (Å²) in [7, 11) is 0. The van der Waals surface area contributed by atoms with Gasteiger partial charge in [0.2, 0.25) is 5.88 Å². The van der Waals surface area contributed by atoms with E-state index in [0.717, 1.165) is 5.56 Å². The summed E-state index contributed by atoms with van der Waals surface area (Å²) < 4.78 is 5.80. The van der Waals surface area contributed by atoms with E-state index in [1.807, 2.05) is 37.3 Å². The number of aryl methyl sites for hydroxylation is 1. The van der Waals surface area contributed by atoms with E-state index in [0.29, 0.717) is 22.4 Å². The minimum absolute atomic E-state index is 0.169. The van der Waals surface area contributed by atoms with Crippen LogP contribution in [0.5, 0.6) is 11.6 Å². The topological polar surface area (TPSA) is 59.4 Å². The van der Waals surface area contributed by atoms with Gasteiger partial charge in [0.15, 0.2) is 0 Å². The van der Waals surface area contributed by atoms with Crippen LogP contribution in [0.2, 0.25) is 0 Å². The molecule has 3 aromatic rings. The lowest BCUT2D eigenvalue weighted by molar-refractivity contribution is 0.0698. The van der Waals surface area contributed by atoms with Crippen LogP contribution in [0, 0.1) is 6.92 Å². The third-order valence-electron chi connectivity index (χ3n) is 3.19. The molecular formula is C17H13NO3. The molecule has 0 saturated carbocycles.